The molecule has 0 saturated carbocycles. The number of esters is 1. The van der Waals surface area contributed by atoms with Crippen molar-refractivity contribution in [3.8, 4) is 5.75 Å². The maximum absolute atomic E-state index is 13.6. The Morgan fingerprint density at radius 1 is 1.07 bits per heavy atom. The van der Waals surface area contributed by atoms with Crippen molar-refractivity contribution >= 4 is 29.2 Å². The SMILES string of the molecule is COC(=O)[C@@H]1CN(C)[C@]2(C(=O)Nc3ccccc32)[C@]12Oc1ccccc1NC2=O. The van der Waals surface area contributed by atoms with Crippen molar-refractivity contribution in [1.29, 1.82) is 0 Å². The summed E-state index contributed by atoms with van der Waals surface area (Å²) in [6.07, 6.45) is 0. The Morgan fingerprint density at radius 2 is 1.72 bits per heavy atom. The predicted molar refractivity (Wildman–Crippen MR) is 103 cm³/mol. The first-order chi connectivity index (χ1) is 14.0. The van der Waals surface area contributed by atoms with E-state index in [0.29, 0.717) is 22.7 Å². The summed E-state index contributed by atoms with van der Waals surface area (Å²) in [6, 6.07) is 14.1. The van der Waals surface area contributed by atoms with Crippen LogP contribution in [0.4, 0.5) is 11.4 Å². The molecule has 29 heavy (non-hydrogen) atoms. The lowest BCUT2D eigenvalue weighted by molar-refractivity contribution is -0.165. The van der Waals surface area contributed by atoms with Gasteiger partial charge in [-0.05, 0) is 25.2 Å². The smallest absolute Gasteiger partial charge is 0.314 e. The predicted octanol–water partition coefficient (Wildman–Crippen LogP) is 1.34. The highest BCUT2D eigenvalue weighted by atomic mass is 16.5. The molecule has 1 fully saturated rings. The van der Waals surface area contributed by atoms with Gasteiger partial charge in [0.15, 0.2) is 5.54 Å². The molecule has 0 unspecified atom stereocenters. The summed E-state index contributed by atoms with van der Waals surface area (Å²) in [4.78, 5) is 41.6. The first-order valence-corrected chi connectivity index (χ1v) is 9.26. The number of nitrogens with zero attached hydrogens (tertiary/aromatic N) is 1. The van der Waals surface area contributed by atoms with Crippen LogP contribution in [0.1, 0.15) is 5.56 Å². The van der Waals surface area contributed by atoms with Crippen LogP contribution in [-0.4, -0.2) is 49.0 Å². The van der Waals surface area contributed by atoms with E-state index in [1.165, 1.54) is 7.11 Å². The first kappa shape index (κ1) is 17.7. The maximum atomic E-state index is 13.6. The van der Waals surface area contributed by atoms with Crippen LogP contribution in [0.3, 0.4) is 0 Å². The van der Waals surface area contributed by atoms with Crippen LogP contribution in [0.25, 0.3) is 0 Å². The fourth-order valence-corrected chi connectivity index (χ4v) is 5.01. The van der Waals surface area contributed by atoms with Gasteiger partial charge in [-0.2, -0.15) is 0 Å². The van der Waals surface area contributed by atoms with Crippen molar-refractivity contribution in [1.82, 2.24) is 4.90 Å². The number of amides is 2. The lowest BCUT2D eigenvalue weighted by Crippen LogP contribution is -2.70. The molecule has 0 aromatic heterocycles. The van der Waals surface area contributed by atoms with Gasteiger partial charge < -0.3 is 20.1 Å². The second-order valence-electron chi connectivity index (χ2n) is 7.45. The number of hydrogen-bond donors (Lipinski definition) is 2. The summed E-state index contributed by atoms with van der Waals surface area (Å²) in [5, 5.41) is 5.71. The molecule has 3 heterocycles. The van der Waals surface area contributed by atoms with Gasteiger partial charge >= 0.3 is 5.97 Å². The minimum atomic E-state index is -1.83. The molecular weight excluding hydrogens is 374 g/mol. The average molecular weight is 393 g/mol. The van der Waals surface area contributed by atoms with E-state index in [9.17, 15) is 14.4 Å². The lowest BCUT2D eigenvalue weighted by atomic mass is 9.70. The van der Waals surface area contributed by atoms with Crippen molar-refractivity contribution in [3.63, 3.8) is 0 Å². The summed E-state index contributed by atoms with van der Waals surface area (Å²) in [5.74, 6) is -2.19. The number of hydrogen-bond acceptors (Lipinski definition) is 6. The Morgan fingerprint density at radius 3 is 2.48 bits per heavy atom. The monoisotopic (exact) mass is 393 g/mol. The van der Waals surface area contributed by atoms with Crippen LogP contribution in [0.2, 0.25) is 0 Å². The number of methoxy groups -OCH3 is 1. The van der Waals surface area contributed by atoms with Gasteiger partial charge in [-0.1, -0.05) is 30.3 Å². The van der Waals surface area contributed by atoms with E-state index in [0.717, 1.165) is 0 Å². The first-order valence-electron chi connectivity index (χ1n) is 9.26. The van der Waals surface area contributed by atoms with Gasteiger partial charge in [0.05, 0.1) is 12.8 Å². The molecule has 0 bridgehead atoms. The highest BCUT2D eigenvalue weighted by molar-refractivity contribution is 6.16. The fourth-order valence-electron chi connectivity index (χ4n) is 5.01. The topological polar surface area (TPSA) is 97.0 Å². The quantitative estimate of drug-likeness (QED) is 0.710. The molecule has 2 spiro atoms. The van der Waals surface area contributed by atoms with Crippen LogP contribution in [-0.2, 0) is 24.7 Å². The van der Waals surface area contributed by atoms with Crippen LogP contribution < -0.4 is 15.4 Å². The summed E-state index contributed by atoms with van der Waals surface area (Å²) < 4.78 is 11.4. The molecule has 2 aromatic rings. The fraction of sp³-hybridized carbons (Fsp3) is 0.286. The van der Waals surface area contributed by atoms with E-state index in [-0.39, 0.29) is 6.54 Å². The highest BCUT2D eigenvalue weighted by Gasteiger charge is 2.78. The van der Waals surface area contributed by atoms with Crippen LogP contribution in [0.5, 0.6) is 5.75 Å². The molecule has 3 aliphatic rings. The van der Waals surface area contributed by atoms with E-state index in [4.69, 9.17) is 9.47 Å². The highest BCUT2D eigenvalue weighted by Crippen LogP contribution is 2.58. The molecule has 148 valence electrons. The third kappa shape index (κ3) is 1.94. The van der Waals surface area contributed by atoms with Crippen molar-refractivity contribution in [2.45, 2.75) is 11.1 Å². The number of ether oxygens (including phenoxy) is 2. The number of rotatable bonds is 1. The molecule has 0 aliphatic carbocycles. The second kappa shape index (κ2) is 5.81. The molecule has 1 saturated heterocycles. The zero-order valence-electron chi connectivity index (χ0n) is 15.9. The third-order valence-electron chi connectivity index (χ3n) is 6.18. The number of anilines is 2. The van der Waals surface area contributed by atoms with Crippen molar-refractivity contribution in [3.05, 3.63) is 54.1 Å². The molecule has 3 aliphatic heterocycles. The van der Waals surface area contributed by atoms with Gasteiger partial charge in [-0.3, -0.25) is 19.3 Å². The van der Waals surface area contributed by atoms with E-state index in [1.807, 2.05) is 0 Å². The third-order valence-corrected chi connectivity index (χ3v) is 6.18. The Bertz CT molecular complexity index is 1070. The minimum Gasteiger partial charge on any atom is -0.471 e. The van der Waals surface area contributed by atoms with E-state index in [1.54, 1.807) is 60.5 Å². The second-order valence-corrected chi connectivity index (χ2v) is 7.45. The van der Waals surface area contributed by atoms with Gasteiger partial charge in [0.2, 0.25) is 5.60 Å². The largest absolute Gasteiger partial charge is 0.471 e. The van der Waals surface area contributed by atoms with Crippen LogP contribution in [0.15, 0.2) is 48.5 Å². The maximum Gasteiger partial charge on any atom is 0.314 e. The molecule has 5 rings (SSSR count). The summed E-state index contributed by atoms with van der Waals surface area (Å²) in [5.41, 5.74) is -1.69. The summed E-state index contributed by atoms with van der Waals surface area (Å²) in [6.45, 7) is 0.115. The zero-order valence-corrected chi connectivity index (χ0v) is 15.9. The normalized spacial score (nSPS) is 29.8. The molecule has 8 heteroatoms. The number of fused-ring (bicyclic) bond motifs is 4. The molecular formula is C21H19N3O5. The lowest BCUT2D eigenvalue weighted by Gasteiger charge is -2.46. The number of carbonyl (C=O) groups is 3. The van der Waals surface area contributed by atoms with E-state index < -0.39 is 34.8 Å². The van der Waals surface area contributed by atoms with E-state index in [2.05, 4.69) is 10.6 Å². The number of likely N-dealkylation sites (tertiary alicyclic amines) is 1. The number of likely N-dealkylation sites (N-methyl/N-ethyl adjacent to an activating group) is 1. The Kier molecular flexibility index (Phi) is 3.54. The molecule has 2 N–H and O–H groups in total. The summed E-state index contributed by atoms with van der Waals surface area (Å²) in [7, 11) is 2.97. The summed E-state index contributed by atoms with van der Waals surface area (Å²) >= 11 is 0. The number of carbonyl (C=O) groups excluding carboxylic acids is 3. The van der Waals surface area contributed by atoms with Crippen molar-refractivity contribution in [2.75, 3.05) is 31.3 Å². The molecule has 0 radical (unpaired) electrons. The zero-order chi connectivity index (χ0) is 20.4. The van der Waals surface area contributed by atoms with Gasteiger partial charge in [0, 0.05) is 17.8 Å². The molecule has 2 amide bonds. The van der Waals surface area contributed by atoms with Crippen molar-refractivity contribution in [2.24, 2.45) is 5.92 Å². The Hall–Kier alpha value is -3.39. The average Bonchev–Trinajstić information content (AvgIpc) is 3.17. The standard InChI is InChI=1S/C21H19N3O5/c1-24-11-13(17(25)28-2)21(19(27)23-15-9-5-6-10-16(15)29-21)20(24)12-7-3-4-8-14(12)22-18(20)26/h3-10,13H,11H2,1-2H3,(H,22,26)(H,23,27)/t13-,20+,21-/m0/s1. The molecule has 2 aromatic carbocycles. The van der Waals surface area contributed by atoms with Crippen molar-refractivity contribution < 1.29 is 23.9 Å². The minimum absolute atomic E-state index is 0.115. The molecule has 8 nitrogen and oxygen atoms in total. The van der Waals surface area contributed by atoms with Gasteiger partial charge in [0.25, 0.3) is 11.8 Å². The van der Waals surface area contributed by atoms with Crippen LogP contribution >= 0.6 is 0 Å². The van der Waals surface area contributed by atoms with E-state index >= 15 is 0 Å². The Labute approximate surface area is 166 Å². The van der Waals surface area contributed by atoms with Gasteiger partial charge in [-0.15, -0.1) is 0 Å². The van der Waals surface area contributed by atoms with Gasteiger partial charge in [-0.25, -0.2) is 0 Å². The number of benzene rings is 2. The number of para-hydroxylation sites is 3. The number of nitrogens with one attached hydrogen (secondary N) is 2. The Balaban J connectivity index is 1.83. The van der Waals surface area contributed by atoms with Gasteiger partial charge in [0.1, 0.15) is 11.7 Å². The molecule has 3 atom stereocenters. The van der Waals surface area contributed by atoms with Crippen LogP contribution in [0, 0.1) is 5.92 Å².